The smallest absolute Gasteiger partial charge is 0.294 e. The summed E-state index contributed by atoms with van der Waals surface area (Å²) in [5.74, 6) is 1.48. The minimum Gasteiger partial charge on any atom is -0.466 e. The van der Waals surface area contributed by atoms with E-state index in [-0.39, 0.29) is 0 Å². The minimum absolute atomic E-state index is 0.302. The molecule has 0 saturated heterocycles. The molecule has 6 heteroatoms. The summed E-state index contributed by atoms with van der Waals surface area (Å²) in [4.78, 5) is 0. The van der Waals surface area contributed by atoms with Crippen molar-refractivity contribution < 1.29 is 9.47 Å². The second-order valence-electron chi connectivity index (χ2n) is 5.79. The van der Waals surface area contributed by atoms with Crippen LogP contribution in [0.2, 0.25) is 0 Å². The van der Waals surface area contributed by atoms with Gasteiger partial charge in [0.2, 0.25) is 0 Å². The van der Waals surface area contributed by atoms with Gasteiger partial charge < -0.3 is 14.8 Å². The number of ether oxygens (including phenoxy) is 2. The summed E-state index contributed by atoms with van der Waals surface area (Å²) in [7, 11) is 1.70. The first kappa shape index (κ1) is 15.7. The number of aromatic nitrogens is 2. The topological polar surface area (TPSA) is 56.3 Å². The second kappa shape index (κ2) is 7.90. The zero-order chi connectivity index (χ0) is 14.4. The molecule has 0 aromatic carbocycles. The van der Waals surface area contributed by atoms with E-state index in [1.807, 2.05) is 0 Å². The molecule has 114 valence electrons. The summed E-state index contributed by atoms with van der Waals surface area (Å²) in [6, 6.07) is 0. The highest BCUT2D eigenvalue weighted by molar-refractivity contribution is 7.13. The normalized spacial score (nSPS) is 26.6. The summed E-state index contributed by atoms with van der Waals surface area (Å²) in [5.41, 5.74) is 0. The molecule has 2 rings (SSSR count). The highest BCUT2D eigenvalue weighted by Gasteiger charge is 2.26. The Labute approximate surface area is 125 Å². The Morgan fingerprint density at radius 2 is 1.95 bits per heavy atom. The number of hydrogen-bond donors (Lipinski definition) is 1. The number of nitrogens with zero attached hydrogens (tertiary/aromatic N) is 2. The fraction of sp³-hybridized carbons (Fsp3) is 0.857. The molecule has 2 atom stereocenters. The van der Waals surface area contributed by atoms with Gasteiger partial charge in [0.05, 0.1) is 6.61 Å². The van der Waals surface area contributed by atoms with E-state index in [1.165, 1.54) is 17.8 Å². The molecule has 1 aromatic rings. The van der Waals surface area contributed by atoms with E-state index in [0.717, 1.165) is 42.8 Å². The van der Waals surface area contributed by atoms with Gasteiger partial charge in [-0.2, -0.15) is 0 Å². The Balaban J connectivity index is 1.77. The first-order valence-electron chi connectivity index (χ1n) is 7.36. The minimum atomic E-state index is 0.302. The fourth-order valence-electron chi connectivity index (χ4n) is 2.84. The summed E-state index contributed by atoms with van der Waals surface area (Å²) >= 11 is 1.54. The van der Waals surface area contributed by atoms with Crippen molar-refractivity contribution in [2.75, 3.05) is 20.3 Å². The molecule has 0 amide bonds. The van der Waals surface area contributed by atoms with Crippen LogP contribution in [0.4, 0.5) is 0 Å². The van der Waals surface area contributed by atoms with Crippen molar-refractivity contribution in [3.05, 3.63) is 5.01 Å². The predicted octanol–water partition coefficient (Wildman–Crippen LogP) is 2.48. The Morgan fingerprint density at radius 1 is 1.20 bits per heavy atom. The maximum Gasteiger partial charge on any atom is 0.294 e. The third-order valence-corrected chi connectivity index (χ3v) is 4.42. The van der Waals surface area contributed by atoms with E-state index < -0.39 is 0 Å². The van der Waals surface area contributed by atoms with Crippen molar-refractivity contribution >= 4 is 11.3 Å². The molecule has 1 aliphatic rings. The summed E-state index contributed by atoms with van der Waals surface area (Å²) in [6.45, 7) is 6.86. The van der Waals surface area contributed by atoms with Gasteiger partial charge in [-0.3, -0.25) is 0 Å². The van der Waals surface area contributed by atoms with E-state index in [4.69, 9.17) is 9.47 Å². The van der Waals surface area contributed by atoms with Crippen LogP contribution in [0.5, 0.6) is 5.19 Å². The van der Waals surface area contributed by atoms with Crippen LogP contribution < -0.4 is 10.1 Å². The number of hydrogen-bond acceptors (Lipinski definition) is 6. The molecule has 1 aromatic heterocycles. The average Bonchev–Trinajstić information content (AvgIpc) is 2.81. The number of rotatable bonds is 7. The van der Waals surface area contributed by atoms with Crippen molar-refractivity contribution in [1.29, 1.82) is 0 Å². The third kappa shape index (κ3) is 5.00. The molecule has 0 aliphatic heterocycles. The largest absolute Gasteiger partial charge is 0.466 e. The molecule has 0 spiro atoms. The van der Waals surface area contributed by atoms with Gasteiger partial charge >= 0.3 is 0 Å². The zero-order valence-electron chi connectivity index (χ0n) is 12.6. The average molecular weight is 299 g/mol. The lowest BCUT2D eigenvalue weighted by molar-refractivity contribution is 0.1000. The molecule has 2 unspecified atom stereocenters. The molecule has 1 aliphatic carbocycles. The van der Waals surface area contributed by atoms with Crippen molar-refractivity contribution in [3.63, 3.8) is 0 Å². The first-order valence-corrected chi connectivity index (χ1v) is 8.17. The van der Waals surface area contributed by atoms with Crippen LogP contribution in [-0.4, -0.2) is 36.6 Å². The van der Waals surface area contributed by atoms with Gasteiger partial charge in [-0.25, -0.2) is 0 Å². The van der Waals surface area contributed by atoms with Crippen molar-refractivity contribution in [1.82, 2.24) is 15.5 Å². The van der Waals surface area contributed by atoms with Crippen molar-refractivity contribution in [2.45, 2.75) is 45.8 Å². The first-order chi connectivity index (χ1) is 9.67. The lowest BCUT2D eigenvalue weighted by Gasteiger charge is -2.30. The van der Waals surface area contributed by atoms with Gasteiger partial charge in [0.25, 0.3) is 5.19 Å². The molecule has 20 heavy (non-hydrogen) atoms. The van der Waals surface area contributed by atoms with Gasteiger partial charge in [-0.05, 0) is 31.1 Å². The van der Waals surface area contributed by atoms with Gasteiger partial charge in [0, 0.05) is 20.2 Å². The molecule has 5 nitrogen and oxygen atoms in total. The fourth-order valence-corrected chi connectivity index (χ4v) is 3.56. The second-order valence-corrected chi connectivity index (χ2v) is 6.81. The van der Waals surface area contributed by atoms with E-state index in [2.05, 4.69) is 29.4 Å². The predicted molar refractivity (Wildman–Crippen MR) is 80.1 cm³/mol. The Morgan fingerprint density at radius 3 is 2.65 bits per heavy atom. The molecular weight excluding hydrogens is 274 g/mol. The maximum atomic E-state index is 6.00. The number of methoxy groups -OCH3 is 1. The van der Waals surface area contributed by atoms with Gasteiger partial charge in [0.1, 0.15) is 11.1 Å². The van der Waals surface area contributed by atoms with Crippen LogP contribution in [0, 0.1) is 11.8 Å². The quantitative estimate of drug-likeness (QED) is 0.784. The SMILES string of the molecule is COCCNCc1nnc(OC2CC(C)CC(C)C2)s1. The monoisotopic (exact) mass is 299 g/mol. The van der Waals surface area contributed by atoms with Crippen LogP contribution in [0.25, 0.3) is 0 Å². The summed E-state index contributed by atoms with van der Waals surface area (Å²) in [5, 5.41) is 13.2. The van der Waals surface area contributed by atoms with E-state index in [1.54, 1.807) is 7.11 Å². The highest BCUT2D eigenvalue weighted by Crippen LogP contribution is 2.32. The van der Waals surface area contributed by atoms with Crippen molar-refractivity contribution in [2.24, 2.45) is 11.8 Å². The lowest BCUT2D eigenvalue weighted by atomic mass is 9.82. The van der Waals surface area contributed by atoms with Crippen LogP contribution in [0.3, 0.4) is 0 Å². The molecule has 0 radical (unpaired) electrons. The molecule has 0 bridgehead atoms. The summed E-state index contributed by atoms with van der Waals surface area (Å²) < 4.78 is 11.0. The van der Waals surface area contributed by atoms with Gasteiger partial charge in [-0.1, -0.05) is 30.3 Å². The lowest BCUT2D eigenvalue weighted by Crippen LogP contribution is -2.28. The Bertz CT molecular complexity index is 390. The molecule has 1 fully saturated rings. The van der Waals surface area contributed by atoms with E-state index in [0.29, 0.717) is 17.9 Å². The standard InChI is InChI=1S/C14H25N3O2S/c1-10-6-11(2)8-12(7-10)19-14-17-16-13(20-14)9-15-4-5-18-3/h10-12,15H,4-9H2,1-3H3. The Hall–Kier alpha value is -0.720. The Kier molecular flexibility index (Phi) is 6.19. The van der Waals surface area contributed by atoms with Crippen LogP contribution in [0.1, 0.15) is 38.1 Å². The van der Waals surface area contributed by atoms with Gasteiger partial charge in [-0.15, -0.1) is 5.10 Å². The van der Waals surface area contributed by atoms with Crippen molar-refractivity contribution in [3.8, 4) is 5.19 Å². The van der Waals surface area contributed by atoms with Crippen LogP contribution in [-0.2, 0) is 11.3 Å². The summed E-state index contributed by atoms with van der Waals surface area (Å²) in [6.07, 6.45) is 3.87. The highest BCUT2D eigenvalue weighted by atomic mass is 32.1. The maximum absolute atomic E-state index is 6.00. The molecular formula is C14H25N3O2S. The number of nitrogens with one attached hydrogen (secondary N) is 1. The van der Waals surface area contributed by atoms with E-state index in [9.17, 15) is 0 Å². The molecule has 1 saturated carbocycles. The zero-order valence-corrected chi connectivity index (χ0v) is 13.4. The molecule has 1 heterocycles. The van der Waals surface area contributed by atoms with Crippen LogP contribution >= 0.6 is 11.3 Å². The van der Waals surface area contributed by atoms with Crippen LogP contribution in [0.15, 0.2) is 0 Å². The van der Waals surface area contributed by atoms with Gasteiger partial charge in [0.15, 0.2) is 0 Å². The van der Waals surface area contributed by atoms with E-state index >= 15 is 0 Å². The molecule has 1 N–H and O–H groups in total. The third-order valence-electron chi connectivity index (χ3n) is 3.61.